The highest BCUT2D eigenvalue weighted by Crippen LogP contribution is 2.52. The Hall–Kier alpha value is -3.52. The molecule has 7 rings (SSSR count). The van der Waals surface area contributed by atoms with E-state index in [4.69, 9.17) is 0 Å². The molecule has 4 aromatic carbocycles. The number of nitrogens with one attached hydrogen (secondary N) is 2. The normalized spacial score (nSPS) is 19.1. The van der Waals surface area contributed by atoms with Gasteiger partial charge in [-0.15, -0.1) is 0 Å². The molecular weight excluding hydrogens is 364 g/mol. The third kappa shape index (κ3) is 2.14. The summed E-state index contributed by atoms with van der Waals surface area (Å²) in [4.78, 5) is 7.44. The number of hydrogen-bond acceptors (Lipinski definition) is 0. The number of fused-ring (bicyclic) bond motifs is 6. The predicted molar refractivity (Wildman–Crippen MR) is 126 cm³/mol. The van der Waals surface area contributed by atoms with E-state index in [1.165, 1.54) is 67.6 Å². The standard InChI is InChI=1S/C28H22N2/c1-3-13-25-19(7-1)23-11-5-9-21(27(23)29-25)17-15-16-18(17)22-10-6-12-24-20-8-2-4-14-26(20)30-28(22)24/h1-14,17-18,29-30H,15-16H2. The van der Waals surface area contributed by atoms with Gasteiger partial charge in [0.25, 0.3) is 0 Å². The van der Waals surface area contributed by atoms with Gasteiger partial charge in [0, 0.05) is 43.6 Å². The third-order valence-electron chi connectivity index (χ3n) is 7.22. The first-order valence-electron chi connectivity index (χ1n) is 10.9. The molecule has 2 nitrogen and oxygen atoms in total. The Morgan fingerprint density at radius 3 is 1.37 bits per heavy atom. The van der Waals surface area contributed by atoms with Crippen molar-refractivity contribution in [3.8, 4) is 0 Å². The van der Waals surface area contributed by atoms with Gasteiger partial charge >= 0.3 is 0 Å². The van der Waals surface area contributed by atoms with E-state index >= 15 is 0 Å². The smallest absolute Gasteiger partial charge is 0.0500 e. The van der Waals surface area contributed by atoms with E-state index in [1.807, 2.05) is 0 Å². The average molecular weight is 386 g/mol. The molecule has 0 radical (unpaired) electrons. The van der Waals surface area contributed by atoms with Crippen LogP contribution in [-0.2, 0) is 0 Å². The van der Waals surface area contributed by atoms with Crippen LogP contribution in [0.4, 0.5) is 0 Å². The minimum Gasteiger partial charge on any atom is -0.354 e. The Bertz CT molecular complexity index is 1450. The highest BCUT2D eigenvalue weighted by molar-refractivity contribution is 6.09. The molecule has 1 aliphatic rings. The fourth-order valence-electron chi connectivity index (χ4n) is 5.65. The molecule has 1 saturated carbocycles. The van der Waals surface area contributed by atoms with Crippen LogP contribution in [0.2, 0.25) is 0 Å². The maximum Gasteiger partial charge on any atom is 0.0500 e. The first-order valence-corrected chi connectivity index (χ1v) is 10.9. The first-order chi connectivity index (χ1) is 14.9. The van der Waals surface area contributed by atoms with E-state index in [0.717, 1.165) is 0 Å². The second kappa shape index (κ2) is 5.99. The molecule has 144 valence electrons. The van der Waals surface area contributed by atoms with E-state index in [1.54, 1.807) is 0 Å². The van der Waals surface area contributed by atoms with Crippen molar-refractivity contribution in [2.75, 3.05) is 0 Å². The zero-order valence-electron chi connectivity index (χ0n) is 16.7. The molecule has 2 heteroatoms. The van der Waals surface area contributed by atoms with Crippen LogP contribution in [-0.4, -0.2) is 9.97 Å². The van der Waals surface area contributed by atoms with Gasteiger partial charge in [0.15, 0.2) is 0 Å². The van der Waals surface area contributed by atoms with Crippen molar-refractivity contribution in [1.29, 1.82) is 0 Å². The maximum atomic E-state index is 3.72. The van der Waals surface area contributed by atoms with Crippen molar-refractivity contribution in [1.82, 2.24) is 9.97 Å². The molecule has 0 amide bonds. The van der Waals surface area contributed by atoms with Gasteiger partial charge in [-0.05, 0) is 47.9 Å². The van der Waals surface area contributed by atoms with Crippen molar-refractivity contribution >= 4 is 43.6 Å². The van der Waals surface area contributed by atoms with E-state index in [2.05, 4.69) is 94.9 Å². The molecule has 2 aromatic heterocycles. The molecule has 2 atom stereocenters. The van der Waals surface area contributed by atoms with Crippen molar-refractivity contribution in [2.45, 2.75) is 24.7 Å². The molecule has 0 saturated heterocycles. The number of rotatable bonds is 2. The second-order valence-electron chi connectivity index (χ2n) is 8.67. The SMILES string of the molecule is c1ccc2c(c1)[nH]c1c(C3CCC3c3cccc4c3[nH]c3ccccc34)cccc12. The average Bonchev–Trinajstić information content (AvgIpc) is 3.33. The van der Waals surface area contributed by atoms with Gasteiger partial charge in [0.1, 0.15) is 0 Å². The molecule has 30 heavy (non-hydrogen) atoms. The lowest BCUT2D eigenvalue weighted by molar-refractivity contribution is 0.350. The topological polar surface area (TPSA) is 31.6 Å². The highest BCUT2D eigenvalue weighted by atomic mass is 14.7. The Kier molecular flexibility index (Phi) is 3.25. The van der Waals surface area contributed by atoms with Crippen LogP contribution in [0.1, 0.15) is 35.8 Å². The van der Waals surface area contributed by atoms with Gasteiger partial charge in [-0.3, -0.25) is 0 Å². The van der Waals surface area contributed by atoms with Crippen LogP contribution in [0.15, 0.2) is 84.9 Å². The van der Waals surface area contributed by atoms with Crippen LogP contribution in [0.25, 0.3) is 43.6 Å². The van der Waals surface area contributed by atoms with E-state index in [-0.39, 0.29) is 0 Å². The number of aromatic amines is 2. The maximum absolute atomic E-state index is 3.72. The van der Waals surface area contributed by atoms with Crippen LogP contribution < -0.4 is 0 Å². The molecule has 1 fully saturated rings. The molecule has 2 unspecified atom stereocenters. The van der Waals surface area contributed by atoms with Gasteiger partial charge in [-0.2, -0.15) is 0 Å². The number of H-pyrrole nitrogens is 2. The molecule has 1 aliphatic carbocycles. The summed E-state index contributed by atoms with van der Waals surface area (Å²) >= 11 is 0. The number of aromatic nitrogens is 2. The summed E-state index contributed by atoms with van der Waals surface area (Å²) < 4.78 is 0. The Morgan fingerprint density at radius 2 is 0.900 bits per heavy atom. The van der Waals surface area contributed by atoms with Crippen LogP contribution in [0.5, 0.6) is 0 Å². The molecule has 0 bridgehead atoms. The first kappa shape index (κ1) is 16.3. The van der Waals surface area contributed by atoms with Crippen molar-refractivity contribution in [2.24, 2.45) is 0 Å². The lowest BCUT2D eigenvalue weighted by Gasteiger charge is -2.38. The fraction of sp³-hybridized carbons (Fsp3) is 0.143. The number of hydrogen-bond donors (Lipinski definition) is 2. The summed E-state index contributed by atoms with van der Waals surface area (Å²) in [5.74, 6) is 1.11. The summed E-state index contributed by atoms with van der Waals surface area (Å²) in [5, 5.41) is 5.33. The van der Waals surface area contributed by atoms with Crippen LogP contribution >= 0.6 is 0 Å². The summed E-state index contributed by atoms with van der Waals surface area (Å²) in [6, 6.07) is 30.9. The van der Waals surface area contributed by atoms with E-state index in [0.29, 0.717) is 11.8 Å². The molecule has 0 spiro atoms. The van der Waals surface area contributed by atoms with Gasteiger partial charge < -0.3 is 9.97 Å². The molecule has 2 heterocycles. The Morgan fingerprint density at radius 1 is 0.467 bits per heavy atom. The van der Waals surface area contributed by atoms with Crippen LogP contribution in [0, 0.1) is 0 Å². The summed E-state index contributed by atoms with van der Waals surface area (Å²) in [6.45, 7) is 0. The predicted octanol–water partition coefficient (Wildman–Crippen LogP) is 7.62. The minimum atomic E-state index is 0.554. The molecule has 6 aromatic rings. The highest BCUT2D eigenvalue weighted by Gasteiger charge is 2.36. The summed E-state index contributed by atoms with van der Waals surface area (Å²) in [5.41, 5.74) is 8.03. The second-order valence-corrected chi connectivity index (χ2v) is 8.67. The van der Waals surface area contributed by atoms with Crippen molar-refractivity contribution in [3.05, 3.63) is 96.1 Å². The monoisotopic (exact) mass is 386 g/mol. The van der Waals surface area contributed by atoms with Gasteiger partial charge in [-0.1, -0.05) is 72.8 Å². The van der Waals surface area contributed by atoms with Crippen molar-refractivity contribution < 1.29 is 0 Å². The molecule has 0 aliphatic heterocycles. The van der Waals surface area contributed by atoms with Crippen LogP contribution in [0.3, 0.4) is 0 Å². The molecule has 2 N–H and O–H groups in total. The van der Waals surface area contributed by atoms with Crippen molar-refractivity contribution in [3.63, 3.8) is 0 Å². The third-order valence-corrected chi connectivity index (χ3v) is 7.22. The van der Waals surface area contributed by atoms with Gasteiger partial charge in [0.05, 0.1) is 0 Å². The zero-order valence-corrected chi connectivity index (χ0v) is 16.7. The zero-order chi connectivity index (χ0) is 19.7. The quantitative estimate of drug-likeness (QED) is 0.307. The van der Waals surface area contributed by atoms with E-state index in [9.17, 15) is 0 Å². The Labute approximate surface area is 174 Å². The lowest BCUT2D eigenvalue weighted by atomic mass is 9.66. The minimum absolute atomic E-state index is 0.554. The fourth-order valence-corrected chi connectivity index (χ4v) is 5.65. The van der Waals surface area contributed by atoms with Gasteiger partial charge in [-0.25, -0.2) is 0 Å². The summed E-state index contributed by atoms with van der Waals surface area (Å²) in [6.07, 6.45) is 2.49. The molecular formula is C28H22N2. The van der Waals surface area contributed by atoms with Gasteiger partial charge in [0.2, 0.25) is 0 Å². The summed E-state index contributed by atoms with van der Waals surface area (Å²) in [7, 11) is 0. The number of para-hydroxylation sites is 4. The Balaban J connectivity index is 1.40. The van der Waals surface area contributed by atoms with E-state index < -0.39 is 0 Å². The number of benzene rings is 4. The lowest BCUT2D eigenvalue weighted by Crippen LogP contribution is -2.22. The largest absolute Gasteiger partial charge is 0.354 e.